The first-order valence-corrected chi connectivity index (χ1v) is 8.73. The highest BCUT2D eigenvalue weighted by atomic mass is 79.9. The fourth-order valence-corrected chi connectivity index (χ4v) is 3.01. The Hall–Kier alpha value is -2.14. The number of halogens is 1. The molecule has 0 saturated carbocycles. The normalized spacial score (nSPS) is 13.0. The summed E-state index contributed by atoms with van der Waals surface area (Å²) in [5.74, 6) is -0.716. The minimum absolute atomic E-state index is 0.160. The van der Waals surface area contributed by atoms with E-state index in [4.69, 9.17) is 0 Å². The fraction of sp³-hybridized carbons (Fsp3) is 0.263. The van der Waals surface area contributed by atoms with Crippen LogP contribution in [0.15, 0.2) is 59.1 Å². The molecule has 0 spiro atoms. The first-order valence-electron chi connectivity index (χ1n) is 7.94. The Kier molecular flexibility index (Phi) is 6.55. The third-order valence-corrected chi connectivity index (χ3v) is 4.76. The van der Waals surface area contributed by atoms with Crippen LogP contribution in [-0.4, -0.2) is 11.8 Å². The Morgan fingerprint density at radius 1 is 1.00 bits per heavy atom. The summed E-state index contributed by atoms with van der Waals surface area (Å²) in [6.45, 7) is 4.08. The second-order valence-electron chi connectivity index (χ2n) is 5.70. The lowest BCUT2D eigenvalue weighted by Gasteiger charge is -2.23. The van der Waals surface area contributed by atoms with E-state index in [1.165, 1.54) is 0 Å². The van der Waals surface area contributed by atoms with Crippen LogP contribution in [0.2, 0.25) is 0 Å². The number of hydrogen-bond acceptors (Lipinski definition) is 2. The topological polar surface area (TPSA) is 58.2 Å². The zero-order chi connectivity index (χ0) is 17.5. The van der Waals surface area contributed by atoms with E-state index in [0.717, 1.165) is 12.0 Å². The molecule has 0 aliphatic carbocycles. The monoisotopic (exact) mass is 388 g/mol. The van der Waals surface area contributed by atoms with Crippen molar-refractivity contribution in [1.82, 2.24) is 10.9 Å². The van der Waals surface area contributed by atoms with E-state index in [-0.39, 0.29) is 23.7 Å². The Balaban J connectivity index is 2.08. The van der Waals surface area contributed by atoms with Gasteiger partial charge in [0.15, 0.2) is 0 Å². The highest BCUT2D eigenvalue weighted by molar-refractivity contribution is 9.10. The number of rotatable bonds is 5. The maximum atomic E-state index is 12.6. The van der Waals surface area contributed by atoms with Gasteiger partial charge in [-0.2, -0.15) is 0 Å². The van der Waals surface area contributed by atoms with Crippen molar-refractivity contribution in [2.24, 2.45) is 5.92 Å². The van der Waals surface area contributed by atoms with Gasteiger partial charge in [0.25, 0.3) is 5.91 Å². The molecule has 2 aromatic rings. The average molecular weight is 389 g/mol. The fourth-order valence-electron chi connectivity index (χ4n) is 2.54. The van der Waals surface area contributed by atoms with Crippen LogP contribution < -0.4 is 10.9 Å². The SMILES string of the molecule is CCC(C)C(C(=O)NNC(=O)c1ccccc1Br)c1ccccc1. The first kappa shape index (κ1) is 18.2. The molecule has 0 heterocycles. The number of carbonyl (C=O) groups is 2. The van der Waals surface area contributed by atoms with E-state index < -0.39 is 0 Å². The van der Waals surface area contributed by atoms with Crippen molar-refractivity contribution in [3.63, 3.8) is 0 Å². The third kappa shape index (κ3) is 4.45. The standard InChI is InChI=1S/C19H21BrN2O2/c1-3-13(2)17(14-9-5-4-6-10-14)19(24)22-21-18(23)15-11-7-8-12-16(15)20/h4-13,17H,3H2,1-2H3,(H,21,23)(H,22,24). The number of hydrazine groups is 1. The summed E-state index contributed by atoms with van der Waals surface area (Å²) in [6, 6.07) is 16.7. The van der Waals surface area contributed by atoms with Gasteiger partial charge in [-0.3, -0.25) is 20.4 Å². The molecule has 2 N–H and O–H groups in total. The zero-order valence-corrected chi connectivity index (χ0v) is 15.3. The third-order valence-electron chi connectivity index (χ3n) is 4.07. The van der Waals surface area contributed by atoms with Crippen molar-refractivity contribution in [1.29, 1.82) is 0 Å². The van der Waals surface area contributed by atoms with Crippen molar-refractivity contribution < 1.29 is 9.59 Å². The Bertz CT molecular complexity index is 704. The molecule has 0 fully saturated rings. The van der Waals surface area contributed by atoms with Crippen molar-refractivity contribution in [3.05, 3.63) is 70.2 Å². The van der Waals surface area contributed by atoms with E-state index in [1.807, 2.05) is 50.2 Å². The predicted molar refractivity (Wildman–Crippen MR) is 98.4 cm³/mol. The number of benzene rings is 2. The molecule has 4 nitrogen and oxygen atoms in total. The highest BCUT2D eigenvalue weighted by Gasteiger charge is 2.26. The Labute approximate surface area is 150 Å². The molecule has 0 aromatic heterocycles. The van der Waals surface area contributed by atoms with Crippen LogP contribution in [0, 0.1) is 5.92 Å². The molecule has 0 saturated heterocycles. The van der Waals surface area contributed by atoms with Gasteiger partial charge >= 0.3 is 0 Å². The Morgan fingerprint density at radius 3 is 2.25 bits per heavy atom. The number of amides is 2. The minimum Gasteiger partial charge on any atom is -0.273 e. The van der Waals surface area contributed by atoms with Gasteiger partial charge in [-0.15, -0.1) is 0 Å². The van der Waals surface area contributed by atoms with Crippen LogP contribution in [0.3, 0.4) is 0 Å². The highest BCUT2D eigenvalue weighted by Crippen LogP contribution is 2.27. The largest absolute Gasteiger partial charge is 0.273 e. The van der Waals surface area contributed by atoms with Gasteiger partial charge in [-0.1, -0.05) is 62.7 Å². The second-order valence-corrected chi connectivity index (χ2v) is 6.55. The quantitative estimate of drug-likeness (QED) is 0.759. The molecule has 2 aromatic carbocycles. The molecule has 0 radical (unpaired) electrons. The summed E-state index contributed by atoms with van der Waals surface area (Å²) in [6.07, 6.45) is 0.866. The lowest BCUT2D eigenvalue weighted by molar-refractivity contribution is -0.124. The molecule has 2 unspecified atom stereocenters. The van der Waals surface area contributed by atoms with Gasteiger partial charge in [0.1, 0.15) is 0 Å². The van der Waals surface area contributed by atoms with Gasteiger partial charge in [-0.25, -0.2) is 0 Å². The summed E-state index contributed by atoms with van der Waals surface area (Å²) in [5.41, 5.74) is 6.48. The van der Waals surface area contributed by atoms with Gasteiger partial charge in [0, 0.05) is 4.47 Å². The van der Waals surface area contributed by atoms with E-state index in [0.29, 0.717) is 10.0 Å². The van der Waals surface area contributed by atoms with Crippen LogP contribution in [0.1, 0.15) is 42.1 Å². The van der Waals surface area contributed by atoms with Crippen molar-refractivity contribution in [2.45, 2.75) is 26.2 Å². The molecule has 2 atom stereocenters. The van der Waals surface area contributed by atoms with E-state index >= 15 is 0 Å². The van der Waals surface area contributed by atoms with Gasteiger partial charge in [-0.05, 0) is 39.5 Å². The number of nitrogens with one attached hydrogen (secondary N) is 2. The van der Waals surface area contributed by atoms with Gasteiger partial charge in [0.05, 0.1) is 11.5 Å². The van der Waals surface area contributed by atoms with Crippen LogP contribution >= 0.6 is 15.9 Å². The second kappa shape index (κ2) is 8.64. The Morgan fingerprint density at radius 2 is 1.62 bits per heavy atom. The van der Waals surface area contributed by atoms with Crippen LogP contribution in [0.5, 0.6) is 0 Å². The molecule has 2 amide bonds. The average Bonchev–Trinajstić information content (AvgIpc) is 2.61. The summed E-state index contributed by atoms with van der Waals surface area (Å²) in [4.78, 5) is 24.8. The maximum absolute atomic E-state index is 12.6. The van der Waals surface area contributed by atoms with E-state index in [2.05, 4.69) is 26.8 Å². The molecule has 126 valence electrons. The van der Waals surface area contributed by atoms with E-state index in [9.17, 15) is 9.59 Å². The molecular weight excluding hydrogens is 368 g/mol. The van der Waals surface area contributed by atoms with Gasteiger partial charge in [0.2, 0.25) is 5.91 Å². The van der Waals surface area contributed by atoms with Crippen molar-refractivity contribution >= 4 is 27.7 Å². The van der Waals surface area contributed by atoms with E-state index in [1.54, 1.807) is 18.2 Å². The van der Waals surface area contributed by atoms with Crippen LogP contribution in [0.4, 0.5) is 0 Å². The molecule has 24 heavy (non-hydrogen) atoms. The first-order chi connectivity index (χ1) is 11.5. The molecule has 0 aliphatic rings. The van der Waals surface area contributed by atoms with Crippen LogP contribution in [0.25, 0.3) is 0 Å². The van der Waals surface area contributed by atoms with Gasteiger partial charge < -0.3 is 0 Å². The summed E-state index contributed by atoms with van der Waals surface area (Å²) in [5, 5.41) is 0. The van der Waals surface area contributed by atoms with Crippen molar-refractivity contribution in [3.8, 4) is 0 Å². The molecule has 0 bridgehead atoms. The molecular formula is C19H21BrN2O2. The van der Waals surface area contributed by atoms with Crippen molar-refractivity contribution in [2.75, 3.05) is 0 Å². The number of carbonyl (C=O) groups excluding carboxylic acids is 2. The summed E-state index contributed by atoms with van der Waals surface area (Å²) < 4.78 is 0.679. The lowest BCUT2D eigenvalue weighted by atomic mass is 9.85. The predicted octanol–water partition coefficient (Wildman–Crippen LogP) is 4.04. The van der Waals surface area contributed by atoms with Crippen LogP contribution in [-0.2, 0) is 4.79 Å². The molecule has 5 heteroatoms. The number of hydrogen-bond donors (Lipinski definition) is 2. The smallest absolute Gasteiger partial charge is 0.270 e. The maximum Gasteiger partial charge on any atom is 0.270 e. The zero-order valence-electron chi connectivity index (χ0n) is 13.8. The summed E-state index contributed by atoms with van der Waals surface area (Å²) >= 11 is 3.33. The minimum atomic E-state index is -0.355. The molecule has 0 aliphatic heterocycles. The molecule has 2 rings (SSSR count). The summed E-state index contributed by atoms with van der Waals surface area (Å²) in [7, 11) is 0. The lowest BCUT2D eigenvalue weighted by Crippen LogP contribution is -2.45.